The smallest absolute Gasteiger partial charge is 0.122 e. The molecule has 0 aromatic heterocycles. The van der Waals surface area contributed by atoms with Crippen LogP contribution in [0, 0.1) is 19.3 Å². The van der Waals surface area contributed by atoms with Crippen LogP contribution in [0.15, 0.2) is 18.2 Å². The maximum atomic E-state index is 6.37. The normalized spacial score (nSPS) is 24.9. The standard InChI is InChI=1S/C18H29NO/c1-6-11-19-17-15(9-10-18(17,4)5)20-16-12-13(2)7-8-14(16)3/h7-8,12,15,17,19H,6,9-11H2,1-5H3. The van der Waals surface area contributed by atoms with E-state index in [9.17, 15) is 0 Å². The molecule has 1 N–H and O–H groups in total. The molecule has 0 amide bonds. The second-order valence-corrected chi connectivity index (χ2v) is 6.88. The molecule has 1 saturated carbocycles. The fourth-order valence-corrected chi connectivity index (χ4v) is 3.17. The second kappa shape index (κ2) is 6.17. The first-order valence-corrected chi connectivity index (χ1v) is 7.91. The van der Waals surface area contributed by atoms with E-state index in [4.69, 9.17) is 4.74 Å². The molecule has 2 unspecified atom stereocenters. The molecule has 112 valence electrons. The lowest BCUT2D eigenvalue weighted by atomic mass is 9.87. The zero-order chi connectivity index (χ0) is 14.8. The van der Waals surface area contributed by atoms with Crippen molar-refractivity contribution < 1.29 is 4.74 Å². The number of hydrogen-bond donors (Lipinski definition) is 1. The molecule has 0 spiro atoms. The Balaban J connectivity index is 2.13. The van der Waals surface area contributed by atoms with Gasteiger partial charge >= 0.3 is 0 Å². The Bertz CT molecular complexity index is 453. The number of aryl methyl sites for hydroxylation is 2. The average molecular weight is 275 g/mol. The van der Waals surface area contributed by atoms with E-state index in [2.05, 4.69) is 58.1 Å². The van der Waals surface area contributed by atoms with Crippen LogP contribution in [-0.4, -0.2) is 18.7 Å². The molecule has 2 heteroatoms. The molecule has 2 atom stereocenters. The summed E-state index contributed by atoms with van der Waals surface area (Å²) in [5, 5.41) is 3.70. The van der Waals surface area contributed by atoms with E-state index in [-0.39, 0.29) is 6.10 Å². The zero-order valence-corrected chi connectivity index (χ0v) is 13.6. The second-order valence-electron chi connectivity index (χ2n) is 6.88. The third-order valence-corrected chi connectivity index (χ3v) is 4.52. The summed E-state index contributed by atoms with van der Waals surface area (Å²) < 4.78 is 6.37. The van der Waals surface area contributed by atoms with Crippen molar-refractivity contribution >= 4 is 0 Å². The summed E-state index contributed by atoms with van der Waals surface area (Å²) in [6, 6.07) is 6.91. The lowest BCUT2D eigenvalue weighted by Gasteiger charge is -2.32. The van der Waals surface area contributed by atoms with Crippen LogP contribution in [-0.2, 0) is 0 Å². The summed E-state index contributed by atoms with van der Waals surface area (Å²) in [6.45, 7) is 12.2. The van der Waals surface area contributed by atoms with Gasteiger partial charge in [-0.05, 0) is 62.3 Å². The first-order valence-electron chi connectivity index (χ1n) is 7.91. The van der Waals surface area contributed by atoms with Gasteiger partial charge < -0.3 is 10.1 Å². The SMILES string of the molecule is CCCNC1C(Oc2cc(C)ccc2C)CCC1(C)C. The highest BCUT2D eigenvalue weighted by Gasteiger charge is 2.43. The van der Waals surface area contributed by atoms with Crippen molar-refractivity contribution in [2.75, 3.05) is 6.54 Å². The molecule has 1 aromatic rings. The van der Waals surface area contributed by atoms with Crippen molar-refractivity contribution in [2.45, 2.75) is 66.0 Å². The summed E-state index contributed by atoms with van der Waals surface area (Å²) in [6.07, 6.45) is 3.83. The summed E-state index contributed by atoms with van der Waals surface area (Å²) in [4.78, 5) is 0. The van der Waals surface area contributed by atoms with Crippen molar-refractivity contribution in [3.63, 3.8) is 0 Å². The minimum absolute atomic E-state index is 0.289. The molecule has 0 saturated heterocycles. The lowest BCUT2D eigenvalue weighted by molar-refractivity contribution is 0.139. The third-order valence-electron chi connectivity index (χ3n) is 4.52. The van der Waals surface area contributed by atoms with Gasteiger partial charge in [0.05, 0.1) is 0 Å². The maximum Gasteiger partial charge on any atom is 0.122 e. The average Bonchev–Trinajstić information content (AvgIpc) is 2.67. The molecule has 0 radical (unpaired) electrons. The van der Waals surface area contributed by atoms with E-state index in [0.29, 0.717) is 11.5 Å². The summed E-state index contributed by atoms with van der Waals surface area (Å²) in [7, 11) is 0. The van der Waals surface area contributed by atoms with Gasteiger partial charge in [-0.15, -0.1) is 0 Å². The van der Waals surface area contributed by atoms with Crippen molar-refractivity contribution in [3.05, 3.63) is 29.3 Å². The fraction of sp³-hybridized carbons (Fsp3) is 0.667. The zero-order valence-electron chi connectivity index (χ0n) is 13.6. The molecular formula is C18H29NO. The molecule has 0 heterocycles. The Labute approximate surface area is 123 Å². The van der Waals surface area contributed by atoms with E-state index in [1.165, 1.54) is 24.0 Å². The minimum atomic E-state index is 0.289. The van der Waals surface area contributed by atoms with Gasteiger partial charge in [-0.2, -0.15) is 0 Å². The number of hydrogen-bond acceptors (Lipinski definition) is 2. The Morgan fingerprint density at radius 3 is 2.75 bits per heavy atom. The Kier molecular flexibility index (Phi) is 4.74. The predicted octanol–water partition coefficient (Wildman–Crippen LogP) is 4.24. The van der Waals surface area contributed by atoms with E-state index in [1.807, 2.05) is 0 Å². The van der Waals surface area contributed by atoms with Crippen LogP contribution in [0.3, 0.4) is 0 Å². The maximum absolute atomic E-state index is 6.37. The number of ether oxygens (including phenoxy) is 1. The Morgan fingerprint density at radius 1 is 1.30 bits per heavy atom. The third kappa shape index (κ3) is 3.35. The van der Waals surface area contributed by atoms with E-state index >= 15 is 0 Å². The topological polar surface area (TPSA) is 21.3 Å². The van der Waals surface area contributed by atoms with Crippen molar-refractivity contribution in [3.8, 4) is 5.75 Å². The van der Waals surface area contributed by atoms with E-state index in [1.54, 1.807) is 0 Å². The van der Waals surface area contributed by atoms with E-state index in [0.717, 1.165) is 18.7 Å². The number of rotatable bonds is 5. The highest BCUT2D eigenvalue weighted by molar-refractivity contribution is 5.36. The quantitative estimate of drug-likeness (QED) is 0.868. The van der Waals surface area contributed by atoms with Gasteiger partial charge in [-0.1, -0.05) is 32.9 Å². The molecule has 2 rings (SSSR count). The van der Waals surface area contributed by atoms with Crippen LogP contribution in [0.25, 0.3) is 0 Å². The molecule has 1 aliphatic carbocycles. The van der Waals surface area contributed by atoms with Crippen LogP contribution >= 0.6 is 0 Å². The first-order chi connectivity index (χ1) is 9.44. The van der Waals surface area contributed by atoms with Crippen LogP contribution in [0.1, 0.15) is 51.2 Å². The first kappa shape index (κ1) is 15.4. The molecule has 20 heavy (non-hydrogen) atoms. The summed E-state index contributed by atoms with van der Waals surface area (Å²) in [5.41, 5.74) is 2.81. The minimum Gasteiger partial charge on any atom is -0.489 e. The Hall–Kier alpha value is -1.02. The summed E-state index contributed by atoms with van der Waals surface area (Å²) in [5.74, 6) is 1.05. The van der Waals surface area contributed by atoms with E-state index < -0.39 is 0 Å². The summed E-state index contributed by atoms with van der Waals surface area (Å²) >= 11 is 0. The van der Waals surface area contributed by atoms with Crippen LogP contribution < -0.4 is 10.1 Å². The van der Waals surface area contributed by atoms with Gasteiger partial charge in [0.1, 0.15) is 11.9 Å². The van der Waals surface area contributed by atoms with Crippen molar-refractivity contribution in [2.24, 2.45) is 5.41 Å². The number of nitrogens with one attached hydrogen (secondary N) is 1. The highest BCUT2D eigenvalue weighted by atomic mass is 16.5. The molecule has 0 bridgehead atoms. The molecule has 1 aliphatic rings. The van der Waals surface area contributed by atoms with Gasteiger partial charge in [0.2, 0.25) is 0 Å². The van der Waals surface area contributed by atoms with Gasteiger partial charge in [0.15, 0.2) is 0 Å². The monoisotopic (exact) mass is 275 g/mol. The fourth-order valence-electron chi connectivity index (χ4n) is 3.17. The van der Waals surface area contributed by atoms with Crippen LogP contribution in [0.5, 0.6) is 5.75 Å². The Morgan fingerprint density at radius 2 is 2.05 bits per heavy atom. The van der Waals surface area contributed by atoms with Gasteiger partial charge in [-0.25, -0.2) is 0 Å². The molecule has 1 fully saturated rings. The molecular weight excluding hydrogens is 246 g/mol. The van der Waals surface area contributed by atoms with Crippen LogP contribution in [0.4, 0.5) is 0 Å². The van der Waals surface area contributed by atoms with Gasteiger partial charge in [0, 0.05) is 6.04 Å². The van der Waals surface area contributed by atoms with Crippen LogP contribution in [0.2, 0.25) is 0 Å². The molecule has 0 aliphatic heterocycles. The molecule has 1 aromatic carbocycles. The highest BCUT2D eigenvalue weighted by Crippen LogP contribution is 2.39. The number of benzene rings is 1. The largest absolute Gasteiger partial charge is 0.489 e. The van der Waals surface area contributed by atoms with Gasteiger partial charge in [0.25, 0.3) is 0 Å². The molecule has 2 nitrogen and oxygen atoms in total. The van der Waals surface area contributed by atoms with Gasteiger partial charge in [-0.3, -0.25) is 0 Å². The van der Waals surface area contributed by atoms with Crippen molar-refractivity contribution in [1.29, 1.82) is 0 Å². The predicted molar refractivity (Wildman–Crippen MR) is 85.4 cm³/mol. The van der Waals surface area contributed by atoms with Crippen molar-refractivity contribution in [1.82, 2.24) is 5.32 Å². The lowest BCUT2D eigenvalue weighted by Crippen LogP contribution is -2.47.